The van der Waals surface area contributed by atoms with Crippen LogP contribution < -0.4 is 18.1 Å². The number of halogens is 1. The molecule has 0 aliphatic heterocycles. The molecule has 0 aromatic rings. The molecule has 28 saturated carbocycles. The van der Waals surface area contributed by atoms with Crippen LogP contribution in [-0.2, 0) is 0 Å². The summed E-state index contributed by atoms with van der Waals surface area (Å²) in [6.07, 6.45) is 35.0. The van der Waals surface area contributed by atoms with Gasteiger partial charge in [0.1, 0.15) is 0 Å². The van der Waals surface area contributed by atoms with Gasteiger partial charge in [-0.05, 0) is 351 Å². The van der Waals surface area contributed by atoms with Gasteiger partial charge in [-0.15, -0.1) is 0 Å². The number of rotatable bonds is 5. The van der Waals surface area contributed by atoms with Crippen molar-refractivity contribution in [3.63, 3.8) is 0 Å². The average Bonchev–Trinajstić information content (AvgIpc) is 3.48. The molecule has 32 bridgehead atoms. The van der Waals surface area contributed by atoms with Crippen LogP contribution in [0.4, 0.5) is 0 Å². The molecule has 28 fully saturated rings. The molecule has 0 aromatic carbocycles. The van der Waals surface area contributed by atoms with Crippen molar-refractivity contribution in [3.8, 4) is 0 Å². The van der Waals surface area contributed by atoms with Crippen molar-refractivity contribution in [2.24, 2.45) is 188 Å². The Hall–Kier alpha value is -0.520. The van der Waals surface area contributed by atoms with Crippen molar-refractivity contribution in [2.75, 3.05) is 6.61 Å². The Bertz CT molecular complexity index is 2420. The first-order chi connectivity index (χ1) is 36.2. The molecule has 0 amide bonds. The van der Waals surface area contributed by atoms with Crippen LogP contribution in [0.1, 0.15) is 230 Å². The van der Waals surface area contributed by atoms with Crippen molar-refractivity contribution < 1.29 is 28.4 Å². The Morgan fingerprint density at radius 1 is 0.410 bits per heavy atom. The quantitative estimate of drug-likeness (QED) is 0.145. The number of nitrogens with zero attached hydrogens (tertiary/aromatic N) is 3. The van der Waals surface area contributed by atoms with Crippen LogP contribution in [0.3, 0.4) is 0 Å². The highest BCUT2D eigenvalue weighted by molar-refractivity contribution is 5.29. The molecule has 28 aliphatic rings. The molecule has 0 aromatic heterocycles. The second kappa shape index (κ2) is 15.5. The van der Waals surface area contributed by atoms with Gasteiger partial charge in [0.15, 0.2) is 0 Å². The molecule has 7 heteroatoms. The van der Waals surface area contributed by atoms with Gasteiger partial charge >= 0.3 is 0 Å². The van der Waals surface area contributed by atoms with Gasteiger partial charge < -0.3 is 28.4 Å². The molecule has 0 spiro atoms. The Kier molecular flexibility index (Phi) is 10.6. The summed E-state index contributed by atoms with van der Waals surface area (Å²) in [5.41, 5.74) is 20.1. The first kappa shape index (κ1) is 53.0. The molecule has 0 radical (unpaired) electrons. The topological polar surface area (TPSA) is 117 Å². The van der Waals surface area contributed by atoms with Crippen LogP contribution >= 0.6 is 0 Å². The fraction of sp³-hybridized carbons (Fsp3) is 1.00. The number of quaternary nitrogens is 1. The van der Waals surface area contributed by atoms with E-state index in [1.54, 1.807) is 19.3 Å². The zero-order chi connectivity index (χ0) is 53.4. The minimum absolute atomic E-state index is 0. The van der Waals surface area contributed by atoms with Crippen molar-refractivity contribution in [1.29, 1.82) is 0 Å². The van der Waals surface area contributed by atoms with E-state index in [4.69, 9.17) is 5.53 Å². The summed E-state index contributed by atoms with van der Waals surface area (Å²) in [5, 5.41) is 24.7. The van der Waals surface area contributed by atoms with Gasteiger partial charge in [0.25, 0.3) is 0 Å². The Balaban J connectivity index is 0.0000000867. The van der Waals surface area contributed by atoms with Crippen molar-refractivity contribution in [1.82, 2.24) is 0 Å². The first-order valence-electron chi connectivity index (χ1n) is 34.4. The molecule has 6 nitrogen and oxygen atoms in total. The molecule has 28 aliphatic carbocycles. The van der Waals surface area contributed by atoms with Gasteiger partial charge in [-0.2, -0.15) is 0 Å². The van der Waals surface area contributed by atoms with Crippen LogP contribution in [0.15, 0.2) is 5.11 Å². The van der Waals surface area contributed by atoms with E-state index in [2.05, 4.69) is 91.9 Å². The van der Waals surface area contributed by atoms with Gasteiger partial charge in [-0.3, -0.25) is 0 Å². The Labute approximate surface area is 479 Å². The van der Waals surface area contributed by atoms with Crippen molar-refractivity contribution >= 4 is 0 Å². The molecule has 5 N–H and O–H groups in total. The SMILES string of the molecule is CC(N=[N+]=[N-])C12CC3C4CC5CC(C(C1)C3(C)C5)C4(C)C2.CC(O)C12CC3C4CC5CC(C(C1)C3(C)C5)C4(C)C2.CC([NH3+])C12CC3C4CC5CC(C(C1)C3(C)C5)C4(C)C2.CC12CC3CC4C1CC1(CO)CC2C(C3)C4(C)C1.[Cl-]. The third-order valence-corrected chi connectivity index (χ3v) is 36.4. The zero-order valence-electron chi connectivity index (χ0n) is 51.3. The third-order valence-electron chi connectivity index (χ3n) is 36.4. The molecular weight excluding hydrogens is 976 g/mol. The summed E-state index contributed by atoms with van der Waals surface area (Å²) < 4.78 is 0. The summed E-state index contributed by atoms with van der Waals surface area (Å²) in [5.74, 6) is 20.1. The summed E-state index contributed by atoms with van der Waals surface area (Å²) in [6.45, 7) is 28.2. The summed E-state index contributed by atoms with van der Waals surface area (Å²) in [7, 11) is 0. The summed E-state index contributed by atoms with van der Waals surface area (Å²) >= 11 is 0. The smallest absolute Gasteiger partial charge is 0.0872 e. The molecule has 19 unspecified atom stereocenters. The highest BCUT2D eigenvalue weighted by Gasteiger charge is 2.80. The molecule has 28 rings (SSSR count). The third kappa shape index (κ3) is 5.85. The van der Waals surface area contributed by atoms with E-state index in [1.807, 2.05) is 0 Å². The fourth-order valence-electron chi connectivity index (χ4n) is 34.2. The van der Waals surface area contributed by atoms with Crippen molar-refractivity contribution in [3.05, 3.63) is 10.4 Å². The molecule has 434 valence electrons. The van der Waals surface area contributed by atoms with Crippen LogP contribution in [-0.4, -0.2) is 35.0 Å². The van der Waals surface area contributed by atoms with E-state index in [0.29, 0.717) is 72.2 Å². The van der Waals surface area contributed by atoms with E-state index in [0.717, 1.165) is 124 Å². The van der Waals surface area contributed by atoms with E-state index in [-0.39, 0.29) is 24.6 Å². The minimum atomic E-state index is -0.0853. The number of hydrogen-bond acceptors (Lipinski definition) is 3. The lowest BCUT2D eigenvalue weighted by Gasteiger charge is -2.80. The van der Waals surface area contributed by atoms with Crippen LogP contribution in [0.5, 0.6) is 0 Å². The largest absolute Gasteiger partial charge is 1.00 e. The van der Waals surface area contributed by atoms with Gasteiger partial charge in [-0.1, -0.05) is 67.4 Å². The lowest BCUT2D eigenvalue weighted by atomic mass is 9.25. The maximum Gasteiger partial charge on any atom is 0.0872 e. The lowest BCUT2D eigenvalue weighted by Crippen LogP contribution is -3.00. The maximum atomic E-state index is 10.5. The molecule has 78 heavy (non-hydrogen) atoms. The second-order valence-electron chi connectivity index (χ2n) is 38.5. The van der Waals surface area contributed by atoms with Crippen LogP contribution in [0, 0.1) is 183 Å². The zero-order valence-corrected chi connectivity index (χ0v) is 52.0. The number of hydrogen-bond donors (Lipinski definition) is 3. The van der Waals surface area contributed by atoms with Gasteiger partial charge in [0.05, 0.1) is 12.1 Å². The molecule has 19 atom stereocenters. The van der Waals surface area contributed by atoms with E-state index in [1.165, 1.54) is 135 Å². The van der Waals surface area contributed by atoms with Gasteiger partial charge in [0.2, 0.25) is 0 Å². The minimum Gasteiger partial charge on any atom is -1.00 e. The number of aliphatic hydroxyl groups excluding tert-OH is 2. The Morgan fingerprint density at radius 2 is 0.679 bits per heavy atom. The van der Waals surface area contributed by atoms with Crippen LogP contribution in [0.2, 0.25) is 0 Å². The van der Waals surface area contributed by atoms with Gasteiger partial charge in [0, 0.05) is 23.0 Å². The van der Waals surface area contributed by atoms with Crippen LogP contribution in [0.25, 0.3) is 10.4 Å². The summed E-state index contributed by atoms with van der Waals surface area (Å²) in [6, 6.07) is 0.853. The average molecular weight is 1090 g/mol. The van der Waals surface area contributed by atoms with E-state index >= 15 is 0 Å². The maximum absolute atomic E-state index is 10.5. The highest BCUT2D eigenvalue weighted by Crippen LogP contribution is 2.87. The van der Waals surface area contributed by atoms with E-state index < -0.39 is 0 Å². The predicted molar refractivity (Wildman–Crippen MR) is 305 cm³/mol. The number of azide groups is 1. The van der Waals surface area contributed by atoms with E-state index in [9.17, 15) is 10.2 Å². The predicted octanol–water partition coefficient (Wildman–Crippen LogP) is 12.6. The second-order valence-corrected chi connectivity index (χ2v) is 38.5. The number of aliphatic hydroxyl groups is 2. The molecule has 0 heterocycles. The van der Waals surface area contributed by atoms with Gasteiger partial charge in [-0.25, -0.2) is 0 Å². The highest BCUT2D eigenvalue weighted by atomic mass is 35.5. The Morgan fingerprint density at radius 3 is 0.974 bits per heavy atom. The standard InChI is InChI=1S/C18H27N3.C18H29N.C18H28O.C17H26O.ClH/c1-10(20-21-19)18-7-14-12-4-11-5-13(17(12,3)9-18)15(8-18)16(14,2)6-11;2*1-10(19)18-7-14-12-4-11-5-13(17(12,3)9-18)15(8-18)16(14,2)6-11;1-15-5-10-3-11-13(15)6-17(9-18)7-14(15)12(4-10)16(11,2)8-17;/h10-15H,4-9H2,1-3H3;10-15H,4-9,19H2,1-3H3;10-15,19H,4-9H2,1-3H3;10-14,18H,3-9H2,1-2H3;1H. The monoisotopic (exact) mass is 1090 g/mol. The molecule has 0 saturated heterocycles. The first-order valence-corrected chi connectivity index (χ1v) is 34.4. The normalized spacial score (nSPS) is 67.6. The lowest BCUT2D eigenvalue weighted by molar-refractivity contribution is -0.466. The molecular formula is C71H111ClN4O2. The fourth-order valence-corrected chi connectivity index (χ4v) is 34.2. The summed E-state index contributed by atoms with van der Waals surface area (Å²) in [4.78, 5) is 3.16. The van der Waals surface area contributed by atoms with Crippen molar-refractivity contribution in [2.45, 2.75) is 248 Å².